The van der Waals surface area contributed by atoms with Crippen molar-refractivity contribution < 1.29 is 19.1 Å². The highest BCUT2D eigenvalue weighted by molar-refractivity contribution is 7.09. The minimum atomic E-state index is -0.762. The average molecular weight is 362 g/mol. The number of carboxylic acids is 1. The standard InChI is InChI=1S/C18H19FN2O3S/c19-14-4-2-1-3-12(14)9-16-21-15(10-25-16)17(22)20-13-7-5-11(6-8-13)18(23)24/h1-4,10-11,13H,5-9H2,(H,20,22)(H,23,24). The normalized spacial score (nSPS) is 20.2. The van der Waals surface area contributed by atoms with Gasteiger partial charge in [0.1, 0.15) is 11.5 Å². The zero-order chi connectivity index (χ0) is 17.8. The molecule has 2 aromatic rings. The van der Waals surface area contributed by atoms with Crippen molar-refractivity contribution in [1.82, 2.24) is 10.3 Å². The average Bonchev–Trinajstić information content (AvgIpc) is 3.06. The highest BCUT2D eigenvalue weighted by Gasteiger charge is 2.27. The van der Waals surface area contributed by atoms with Crippen LogP contribution in [-0.4, -0.2) is 28.0 Å². The number of hydrogen-bond acceptors (Lipinski definition) is 4. The van der Waals surface area contributed by atoms with Gasteiger partial charge in [0.25, 0.3) is 5.91 Å². The quantitative estimate of drug-likeness (QED) is 0.856. The van der Waals surface area contributed by atoms with E-state index in [4.69, 9.17) is 5.11 Å². The van der Waals surface area contributed by atoms with Crippen LogP contribution in [0.3, 0.4) is 0 Å². The number of halogens is 1. The molecule has 5 nitrogen and oxygen atoms in total. The minimum absolute atomic E-state index is 0.0141. The van der Waals surface area contributed by atoms with Gasteiger partial charge in [0.15, 0.2) is 0 Å². The third-order valence-corrected chi connectivity index (χ3v) is 5.34. The lowest BCUT2D eigenvalue weighted by molar-refractivity contribution is -0.142. The summed E-state index contributed by atoms with van der Waals surface area (Å²) in [5.74, 6) is -1.60. The number of aromatic nitrogens is 1. The number of amides is 1. The van der Waals surface area contributed by atoms with Gasteiger partial charge in [0.2, 0.25) is 0 Å². The first kappa shape index (κ1) is 17.5. The second kappa shape index (κ2) is 7.74. The van der Waals surface area contributed by atoms with Crippen LogP contribution in [0.2, 0.25) is 0 Å². The van der Waals surface area contributed by atoms with Crippen LogP contribution in [-0.2, 0) is 11.2 Å². The highest BCUT2D eigenvalue weighted by Crippen LogP contribution is 2.25. The molecule has 0 aliphatic heterocycles. The smallest absolute Gasteiger partial charge is 0.306 e. The third-order valence-electron chi connectivity index (χ3n) is 4.50. The van der Waals surface area contributed by atoms with E-state index in [-0.39, 0.29) is 23.7 Å². The molecule has 3 rings (SSSR count). The number of carboxylic acid groups (broad SMARTS) is 1. The van der Waals surface area contributed by atoms with Gasteiger partial charge in [-0.05, 0) is 37.3 Å². The first-order valence-corrected chi connectivity index (χ1v) is 9.12. The summed E-state index contributed by atoms with van der Waals surface area (Å²) in [6.45, 7) is 0. The second-order valence-electron chi connectivity index (χ2n) is 6.25. The molecule has 1 saturated carbocycles. The molecule has 1 aliphatic rings. The van der Waals surface area contributed by atoms with Gasteiger partial charge >= 0.3 is 5.97 Å². The Morgan fingerprint density at radius 1 is 1.24 bits per heavy atom. The summed E-state index contributed by atoms with van der Waals surface area (Å²) in [7, 11) is 0. The third kappa shape index (κ3) is 4.42. The first-order chi connectivity index (χ1) is 12.0. The van der Waals surface area contributed by atoms with Gasteiger partial charge in [0, 0.05) is 17.8 Å². The molecule has 1 aromatic carbocycles. The molecular weight excluding hydrogens is 343 g/mol. The number of carbonyl (C=O) groups is 2. The predicted molar refractivity (Wildman–Crippen MR) is 92.2 cm³/mol. The van der Waals surface area contributed by atoms with Crippen LogP contribution in [0.15, 0.2) is 29.6 Å². The van der Waals surface area contributed by atoms with Gasteiger partial charge in [-0.3, -0.25) is 9.59 Å². The Kier molecular flexibility index (Phi) is 5.43. The number of rotatable bonds is 5. The summed E-state index contributed by atoms with van der Waals surface area (Å²) >= 11 is 1.33. The lowest BCUT2D eigenvalue weighted by Gasteiger charge is -2.26. The SMILES string of the molecule is O=C(NC1CCC(C(=O)O)CC1)c1csc(Cc2ccccc2F)n1. The lowest BCUT2D eigenvalue weighted by atomic mass is 9.86. The molecule has 1 aliphatic carbocycles. The number of nitrogens with one attached hydrogen (secondary N) is 1. The fraction of sp³-hybridized carbons (Fsp3) is 0.389. The topological polar surface area (TPSA) is 79.3 Å². The molecule has 0 radical (unpaired) electrons. The van der Waals surface area contributed by atoms with Crippen LogP contribution in [0.25, 0.3) is 0 Å². The van der Waals surface area contributed by atoms with Crippen LogP contribution in [0.4, 0.5) is 4.39 Å². The molecule has 1 aromatic heterocycles. The van der Waals surface area contributed by atoms with Gasteiger partial charge in [0.05, 0.1) is 10.9 Å². The van der Waals surface area contributed by atoms with Crippen molar-refractivity contribution in [3.05, 3.63) is 51.7 Å². The maximum absolute atomic E-state index is 13.7. The molecule has 1 heterocycles. The number of aliphatic carboxylic acids is 1. The number of benzene rings is 1. The minimum Gasteiger partial charge on any atom is -0.481 e. The van der Waals surface area contributed by atoms with E-state index in [9.17, 15) is 14.0 Å². The highest BCUT2D eigenvalue weighted by atomic mass is 32.1. The summed E-state index contributed by atoms with van der Waals surface area (Å²) < 4.78 is 13.7. The molecule has 132 valence electrons. The van der Waals surface area contributed by atoms with Gasteiger partial charge in [-0.15, -0.1) is 11.3 Å². The Hall–Kier alpha value is -2.28. The molecule has 0 spiro atoms. The summed E-state index contributed by atoms with van der Waals surface area (Å²) in [4.78, 5) is 27.6. The van der Waals surface area contributed by atoms with Gasteiger partial charge in [-0.1, -0.05) is 18.2 Å². The molecule has 0 atom stereocenters. The maximum Gasteiger partial charge on any atom is 0.306 e. The van der Waals surface area contributed by atoms with Crippen LogP contribution in [0, 0.1) is 11.7 Å². The van der Waals surface area contributed by atoms with E-state index in [0.29, 0.717) is 48.4 Å². The predicted octanol–water partition coefficient (Wildman–Crippen LogP) is 3.25. The number of carbonyl (C=O) groups excluding carboxylic acids is 1. The van der Waals surface area contributed by atoms with Crippen molar-refractivity contribution in [1.29, 1.82) is 0 Å². The molecule has 1 amide bonds. The van der Waals surface area contributed by atoms with Crippen molar-refractivity contribution in [2.75, 3.05) is 0 Å². The summed E-state index contributed by atoms with van der Waals surface area (Å²) in [6.07, 6.45) is 2.84. The summed E-state index contributed by atoms with van der Waals surface area (Å²) in [5, 5.41) is 14.3. The fourth-order valence-corrected chi connectivity index (χ4v) is 3.84. The van der Waals surface area contributed by atoms with Gasteiger partial charge in [-0.25, -0.2) is 9.37 Å². The Labute approximate surface area is 148 Å². The van der Waals surface area contributed by atoms with Crippen molar-refractivity contribution in [3.63, 3.8) is 0 Å². The van der Waals surface area contributed by atoms with Gasteiger partial charge in [-0.2, -0.15) is 0 Å². The Morgan fingerprint density at radius 3 is 2.64 bits per heavy atom. The van der Waals surface area contributed by atoms with E-state index in [1.54, 1.807) is 23.6 Å². The Bertz CT molecular complexity index is 769. The number of thiazole rings is 1. The van der Waals surface area contributed by atoms with Crippen LogP contribution in [0.1, 0.15) is 46.7 Å². The lowest BCUT2D eigenvalue weighted by Crippen LogP contribution is -2.38. The van der Waals surface area contributed by atoms with E-state index >= 15 is 0 Å². The first-order valence-electron chi connectivity index (χ1n) is 8.24. The molecule has 0 bridgehead atoms. The number of hydrogen-bond donors (Lipinski definition) is 2. The summed E-state index contributed by atoms with van der Waals surface area (Å²) in [5.41, 5.74) is 0.882. The molecule has 0 saturated heterocycles. The molecule has 7 heteroatoms. The number of nitrogens with zero attached hydrogens (tertiary/aromatic N) is 1. The summed E-state index contributed by atoms with van der Waals surface area (Å²) in [6, 6.07) is 6.51. The molecule has 25 heavy (non-hydrogen) atoms. The van der Waals surface area contributed by atoms with Crippen molar-refractivity contribution >= 4 is 23.2 Å². The van der Waals surface area contributed by atoms with E-state index in [1.165, 1.54) is 17.4 Å². The van der Waals surface area contributed by atoms with Gasteiger partial charge < -0.3 is 10.4 Å². The Balaban J connectivity index is 1.56. The molecular formula is C18H19FN2O3S. The maximum atomic E-state index is 13.7. The van der Waals surface area contributed by atoms with Crippen LogP contribution < -0.4 is 5.32 Å². The zero-order valence-corrected chi connectivity index (χ0v) is 14.4. The van der Waals surface area contributed by atoms with E-state index in [2.05, 4.69) is 10.3 Å². The van der Waals surface area contributed by atoms with Crippen LogP contribution in [0.5, 0.6) is 0 Å². The van der Waals surface area contributed by atoms with Crippen molar-refractivity contribution in [2.24, 2.45) is 5.92 Å². The van der Waals surface area contributed by atoms with E-state index in [1.807, 2.05) is 0 Å². The molecule has 2 N–H and O–H groups in total. The second-order valence-corrected chi connectivity index (χ2v) is 7.20. The van der Waals surface area contributed by atoms with E-state index in [0.717, 1.165) is 0 Å². The van der Waals surface area contributed by atoms with Crippen molar-refractivity contribution in [2.45, 2.75) is 38.1 Å². The monoisotopic (exact) mass is 362 g/mol. The zero-order valence-electron chi connectivity index (χ0n) is 13.6. The van der Waals surface area contributed by atoms with Crippen LogP contribution >= 0.6 is 11.3 Å². The fourth-order valence-electron chi connectivity index (χ4n) is 3.05. The Morgan fingerprint density at radius 2 is 1.96 bits per heavy atom. The van der Waals surface area contributed by atoms with Crippen molar-refractivity contribution in [3.8, 4) is 0 Å². The largest absolute Gasteiger partial charge is 0.481 e. The van der Waals surface area contributed by atoms with E-state index < -0.39 is 5.97 Å². The molecule has 0 unspecified atom stereocenters. The molecule has 1 fully saturated rings.